The number of aliphatic hydroxyl groups is 1. The predicted octanol–water partition coefficient (Wildman–Crippen LogP) is 1.80. The first-order valence-electron chi connectivity index (χ1n) is 6.93. The Bertz CT molecular complexity index is 490. The van der Waals surface area contributed by atoms with Gasteiger partial charge in [-0.3, -0.25) is 0 Å². The maximum absolute atomic E-state index is 11.9. The minimum atomic E-state index is -0.413. The largest absolute Gasteiger partial charge is 0.465 e. The minimum absolute atomic E-state index is 0.0239. The summed E-state index contributed by atoms with van der Waals surface area (Å²) >= 11 is 0. The Morgan fingerprint density at radius 3 is 2.75 bits per heavy atom. The molecule has 0 aliphatic heterocycles. The Morgan fingerprint density at radius 1 is 1.40 bits per heavy atom. The van der Waals surface area contributed by atoms with Crippen molar-refractivity contribution in [2.24, 2.45) is 0 Å². The number of ether oxygens (including phenoxy) is 1. The molecular formula is C15H22N2O3. The van der Waals surface area contributed by atoms with E-state index < -0.39 is 5.97 Å². The smallest absolute Gasteiger partial charge is 0.340 e. The lowest BCUT2D eigenvalue weighted by Crippen LogP contribution is -2.44. The molecule has 1 aromatic carbocycles. The van der Waals surface area contributed by atoms with Crippen LogP contribution in [-0.4, -0.2) is 37.4 Å². The molecular weight excluding hydrogens is 256 g/mol. The Morgan fingerprint density at radius 2 is 2.10 bits per heavy atom. The van der Waals surface area contributed by atoms with Crippen molar-refractivity contribution in [2.45, 2.75) is 37.8 Å². The van der Waals surface area contributed by atoms with Crippen molar-refractivity contribution in [3.63, 3.8) is 0 Å². The van der Waals surface area contributed by atoms with E-state index in [-0.39, 0.29) is 12.1 Å². The number of nitrogen functional groups attached to an aromatic ring is 1. The number of hydrogen-bond donors (Lipinski definition) is 2. The second-order valence-electron chi connectivity index (χ2n) is 5.30. The van der Waals surface area contributed by atoms with Gasteiger partial charge in [0.1, 0.15) is 0 Å². The van der Waals surface area contributed by atoms with E-state index in [2.05, 4.69) is 0 Å². The molecule has 0 heterocycles. The van der Waals surface area contributed by atoms with Gasteiger partial charge in [-0.05, 0) is 31.0 Å². The van der Waals surface area contributed by atoms with Crippen LogP contribution in [-0.2, 0) is 4.74 Å². The number of nitrogens with two attached hydrogens (primary N) is 1. The Kier molecular flexibility index (Phi) is 4.49. The number of hydrogen-bond acceptors (Lipinski definition) is 5. The van der Waals surface area contributed by atoms with Gasteiger partial charge in [-0.2, -0.15) is 0 Å². The number of methoxy groups -OCH3 is 1. The average molecular weight is 278 g/mol. The summed E-state index contributed by atoms with van der Waals surface area (Å²) in [4.78, 5) is 13.9. The number of aliphatic hydroxyl groups excluding tert-OH is 1. The van der Waals surface area contributed by atoms with Crippen LogP contribution in [0.4, 0.5) is 11.4 Å². The van der Waals surface area contributed by atoms with E-state index in [1.165, 1.54) is 7.11 Å². The molecule has 1 fully saturated rings. The van der Waals surface area contributed by atoms with Crippen LogP contribution in [0.5, 0.6) is 0 Å². The fraction of sp³-hybridized carbons (Fsp3) is 0.533. The maximum Gasteiger partial charge on any atom is 0.340 e. The number of rotatable bonds is 3. The fourth-order valence-corrected chi connectivity index (χ4v) is 2.86. The van der Waals surface area contributed by atoms with Gasteiger partial charge in [0.25, 0.3) is 0 Å². The summed E-state index contributed by atoms with van der Waals surface area (Å²) in [6, 6.07) is 5.21. The summed E-state index contributed by atoms with van der Waals surface area (Å²) < 4.78 is 4.81. The van der Waals surface area contributed by atoms with Crippen LogP contribution in [0.25, 0.3) is 0 Å². The summed E-state index contributed by atoms with van der Waals surface area (Å²) in [5, 5.41) is 10.2. The molecule has 1 aliphatic carbocycles. The zero-order valence-electron chi connectivity index (χ0n) is 12.0. The van der Waals surface area contributed by atoms with Crippen molar-refractivity contribution >= 4 is 17.3 Å². The molecule has 1 saturated carbocycles. The third-order valence-electron chi connectivity index (χ3n) is 4.00. The molecule has 0 spiro atoms. The minimum Gasteiger partial charge on any atom is -0.465 e. The van der Waals surface area contributed by atoms with Gasteiger partial charge in [0, 0.05) is 12.7 Å². The molecule has 2 atom stereocenters. The SMILES string of the molecule is COC(=O)c1cc(N)ccc1N(C)C1CCCCC1O. The van der Waals surface area contributed by atoms with Crippen molar-refractivity contribution < 1.29 is 14.6 Å². The van der Waals surface area contributed by atoms with E-state index in [1.54, 1.807) is 12.1 Å². The van der Waals surface area contributed by atoms with Gasteiger partial charge in [0.05, 0.1) is 30.5 Å². The van der Waals surface area contributed by atoms with E-state index in [4.69, 9.17) is 10.5 Å². The van der Waals surface area contributed by atoms with E-state index in [1.807, 2.05) is 18.0 Å². The molecule has 0 amide bonds. The summed E-state index contributed by atoms with van der Waals surface area (Å²) in [7, 11) is 3.25. The summed E-state index contributed by atoms with van der Waals surface area (Å²) in [6.45, 7) is 0. The molecule has 1 aromatic rings. The number of benzene rings is 1. The molecule has 2 rings (SSSR count). The van der Waals surface area contributed by atoms with Crippen LogP contribution in [0.15, 0.2) is 18.2 Å². The second-order valence-corrected chi connectivity index (χ2v) is 5.30. The van der Waals surface area contributed by atoms with Crippen molar-refractivity contribution in [3.05, 3.63) is 23.8 Å². The third kappa shape index (κ3) is 2.88. The lowest BCUT2D eigenvalue weighted by atomic mass is 9.91. The first kappa shape index (κ1) is 14.7. The van der Waals surface area contributed by atoms with Crippen LogP contribution in [0.2, 0.25) is 0 Å². The molecule has 20 heavy (non-hydrogen) atoms. The zero-order valence-corrected chi connectivity index (χ0v) is 12.0. The molecule has 0 saturated heterocycles. The summed E-state index contributed by atoms with van der Waals surface area (Å²) in [5.41, 5.74) is 7.46. The fourth-order valence-electron chi connectivity index (χ4n) is 2.86. The number of esters is 1. The molecule has 5 nitrogen and oxygen atoms in total. The highest BCUT2D eigenvalue weighted by molar-refractivity contribution is 5.97. The van der Waals surface area contributed by atoms with Crippen molar-refractivity contribution in [2.75, 3.05) is 24.8 Å². The van der Waals surface area contributed by atoms with E-state index in [0.717, 1.165) is 31.4 Å². The van der Waals surface area contributed by atoms with Crippen LogP contribution >= 0.6 is 0 Å². The van der Waals surface area contributed by atoms with Crippen LogP contribution < -0.4 is 10.6 Å². The van der Waals surface area contributed by atoms with Gasteiger partial charge in [0.2, 0.25) is 0 Å². The number of carbonyl (C=O) groups is 1. The van der Waals surface area contributed by atoms with Gasteiger partial charge in [-0.1, -0.05) is 12.8 Å². The monoisotopic (exact) mass is 278 g/mol. The van der Waals surface area contributed by atoms with Crippen LogP contribution in [0.1, 0.15) is 36.0 Å². The molecule has 0 radical (unpaired) electrons. The van der Waals surface area contributed by atoms with Crippen LogP contribution in [0.3, 0.4) is 0 Å². The highest BCUT2D eigenvalue weighted by Gasteiger charge is 2.29. The zero-order chi connectivity index (χ0) is 14.7. The number of carbonyl (C=O) groups excluding carboxylic acids is 1. The predicted molar refractivity (Wildman–Crippen MR) is 78.9 cm³/mol. The van der Waals surface area contributed by atoms with E-state index in [0.29, 0.717) is 11.3 Å². The summed E-state index contributed by atoms with van der Waals surface area (Å²) in [6.07, 6.45) is 3.50. The maximum atomic E-state index is 11.9. The number of nitrogens with zero attached hydrogens (tertiary/aromatic N) is 1. The standard InChI is InChI=1S/C15H22N2O3/c1-17(13-5-3-4-6-14(13)18)12-8-7-10(16)9-11(12)15(19)20-2/h7-9,13-14,18H,3-6,16H2,1-2H3. The normalized spacial score (nSPS) is 22.4. The first-order valence-corrected chi connectivity index (χ1v) is 6.93. The molecule has 2 unspecified atom stereocenters. The average Bonchev–Trinajstić information content (AvgIpc) is 2.46. The van der Waals surface area contributed by atoms with Gasteiger partial charge >= 0.3 is 5.97 Å². The quantitative estimate of drug-likeness (QED) is 0.651. The molecule has 1 aliphatic rings. The van der Waals surface area contributed by atoms with Crippen molar-refractivity contribution in [1.29, 1.82) is 0 Å². The third-order valence-corrected chi connectivity index (χ3v) is 4.00. The molecule has 0 bridgehead atoms. The van der Waals surface area contributed by atoms with Crippen LogP contribution in [0, 0.1) is 0 Å². The van der Waals surface area contributed by atoms with E-state index >= 15 is 0 Å². The number of likely N-dealkylation sites (N-methyl/N-ethyl adjacent to an activating group) is 1. The molecule has 0 aromatic heterocycles. The van der Waals surface area contributed by atoms with Gasteiger partial charge < -0.3 is 20.5 Å². The van der Waals surface area contributed by atoms with Crippen molar-refractivity contribution in [3.8, 4) is 0 Å². The van der Waals surface area contributed by atoms with Gasteiger partial charge in [-0.25, -0.2) is 4.79 Å². The number of anilines is 2. The lowest BCUT2D eigenvalue weighted by Gasteiger charge is -2.37. The summed E-state index contributed by atoms with van der Waals surface area (Å²) in [5.74, 6) is -0.413. The van der Waals surface area contributed by atoms with Gasteiger partial charge in [0.15, 0.2) is 0 Å². The highest BCUT2D eigenvalue weighted by Crippen LogP contribution is 2.30. The Hall–Kier alpha value is -1.75. The molecule has 110 valence electrons. The van der Waals surface area contributed by atoms with Crippen molar-refractivity contribution in [1.82, 2.24) is 0 Å². The topological polar surface area (TPSA) is 75.8 Å². The second kappa shape index (κ2) is 6.13. The molecule has 3 N–H and O–H groups in total. The van der Waals surface area contributed by atoms with Gasteiger partial charge in [-0.15, -0.1) is 0 Å². The first-order chi connectivity index (χ1) is 9.54. The Labute approximate surface area is 119 Å². The van der Waals surface area contributed by atoms with E-state index in [9.17, 15) is 9.90 Å². The highest BCUT2D eigenvalue weighted by atomic mass is 16.5. The Balaban J connectivity index is 2.33. The molecule has 5 heteroatoms. The lowest BCUT2D eigenvalue weighted by molar-refractivity contribution is 0.0600.